The van der Waals surface area contributed by atoms with Crippen molar-refractivity contribution in [3.8, 4) is 0 Å². The highest BCUT2D eigenvalue weighted by Crippen LogP contribution is 2.31. The zero-order valence-corrected chi connectivity index (χ0v) is 14.8. The maximum atomic E-state index is 6.03. The zero-order valence-electron chi connectivity index (χ0n) is 13.2. The molecule has 0 saturated carbocycles. The van der Waals surface area contributed by atoms with Gasteiger partial charge in [0.1, 0.15) is 0 Å². The molecule has 0 radical (unpaired) electrons. The van der Waals surface area contributed by atoms with Crippen molar-refractivity contribution < 1.29 is 0 Å². The molecule has 0 bridgehead atoms. The predicted octanol–water partition coefficient (Wildman–Crippen LogP) is 3.99. The fourth-order valence-electron chi connectivity index (χ4n) is 3.08. The molecule has 2 aromatic carbocycles. The normalized spacial score (nSPS) is 22.0. The SMILES string of the molecule is Clc1ccc2c(c1)SNC(=NC1CCN(Cc3ccccc3)C1)N2. The number of guanidine groups is 1. The van der Waals surface area contributed by atoms with E-state index < -0.39 is 0 Å². The van der Waals surface area contributed by atoms with Gasteiger partial charge in [-0.25, -0.2) is 4.99 Å². The van der Waals surface area contributed by atoms with Gasteiger partial charge in [-0.15, -0.1) is 0 Å². The highest BCUT2D eigenvalue weighted by atomic mass is 35.5. The first kappa shape index (κ1) is 15.8. The predicted molar refractivity (Wildman–Crippen MR) is 102 cm³/mol. The first-order chi connectivity index (χ1) is 11.8. The van der Waals surface area contributed by atoms with Gasteiger partial charge in [-0.2, -0.15) is 0 Å². The summed E-state index contributed by atoms with van der Waals surface area (Å²) in [7, 11) is 0. The van der Waals surface area contributed by atoms with E-state index in [1.807, 2.05) is 18.2 Å². The maximum absolute atomic E-state index is 6.03. The number of benzene rings is 2. The second kappa shape index (κ2) is 7.05. The van der Waals surface area contributed by atoms with Crippen LogP contribution in [0.5, 0.6) is 0 Å². The van der Waals surface area contributed by atoms with Gasteiger partial charge in [0, 0.05) is 24.7 Å². The van der Waals surface area contributed by atoms with Crippen molar-refractivity contribution in [2.75, 3.05) is 18.4 Å². The lowest BCUT2D eigenvalue weighted by Crippen LogP contribution is -2.31. The number of halogens is 1. The molecule has 6 heteroatoms. The summed E-state index contributed by atoms with van der Waals surface area (Å²) in [6, 6.07) is 16.8. The Hall–Kier alpha value is -1.69. The molecule has 24 heavy (non-hydrogen) atoms. The number of nitrogens with zero attached hydrogens (tertiary/aromatic N) is 2. The Morgan fingerprint density at radius 2 is 2.08 bits per heavy atom. The number of fused-ring (bicyclic) bond motifs is 1. The summed E-state index contributed by atoms with van der Waals surface area (Å²) in [5.74, 6) is 0.835. The van der Waals surface area contributed by atoms with Crippen molar-refractivity contribution in [2.24, 2.45) is 4.99 Å². The summed E-state index contributed by atoms with van der Waals surface area (Å²) in [5, 5.41) is 4.10. The lowest BCUT2D eigenvalue weighted by Gasteiger charge is -2.21. The van der Waals surface area contributed by atoms with E-state index in [1.54, 1.807) is 11.9 Å². The Labute approximate surface area is 151 Å². The second-order valence-corrected chi connectivity index (χ2v) is 7.40. The highest BCUT2D eigenvalue weighted by molar-refractivity contribution is 7.98. The van der Waals surface area contributed by atoms with E-state index in [0.29, 0.717) is 6.04 Å². The third-order valence-electron chi connectivity index (χ3n) is 4.26. The second-order valence-electron chi connectivity index (χ2n) is 6.11. The van der Waals surface area contributed by atoms with Gasteiger partial charge in [0.15, 0.2) is 0 Å². The van der Waals surface area contributed by atoms with Gasteiger partial charge in [-0.3, -0.25) is 9.62 Å². The highest BCUT2D eigenvalue weighted by Gasteiger charge is 2.23. The van der Waals surface area contributed by atoms with Crippen molar-refractivity contribution >= 4 is 35.2 Å². The van der Waals surface area contributed by atoms with Crippen LogP contribution < -0.4 is 10.0 Å². The molecule has 2 heterocycles. The van der Waals surface area contributed by atoms with Gasteiger partial charge >= 0.3 is 0 Å². The van der Waals surface area contributed by atoms with E-state index in [9.17, 15) is 0 Å². The Bertz CT molecular complexity index is 750. The van der Waals surface area contributed by atoms with Crippen molar-refractivity contribution in [1.29, 1.82) is 0 Å². The van der Waals surface area contributed by atoms with Gasteiger partial charge in [-0.1, -0.05) is 41.9 Å². The van der Waals surface area contributed by atoms with E-state index >= 15 is 0 Å². The molecule has 0 aliphatic carbocycles. The molecule has 2 N–H and O–H groups in total. The Balaban J connectivity index is 1.38. The number of rotatable bonds is 3. The number of nitrogens with one attached hydrogen (secondary N) is 2. The monoisotopic (exact) mass is 358 g/mol. The fraction of sp³-hybridized carbons (Fsp3) is 0.278. The fourth-order valence-corrected chi connectivity index (χ4v) is 4.05. The maximum Gasteiger partial charge on any atom is 0.206 e. The lowest BCUT2D eigenvalue weighted by molar-refractivity contribution is 0.327. The topological polar surface area (TPSA) is 39.7 Å². The minimum Gasteiger partial charge on any atom is -0.325 e. The van der Waals surface area contributed by atoms with E-state index in [0.717, 1.165) is 47.6 Å². The lowest BCUT2D eigenvalue weighted by atomic mass is 10.2. The quantitative estimate of drug-likeness (QED) is 0.814. The molecule has 2 aliphatic rings. The molecule has 2 aliphatic heterocycles. The van der Waals surface area contributed by atoms with Crippen LogP contribution in [0.25, 0.3) is 0 Å². The van der Waals surface area contributed by atoms with E-state index in [-0.39, 0.29) is 0 Å². The summed E-state index contributed by atoms with van der Waals surface area (Å²) in [4.78, 5) is 8.41. The van der Waals surface area contributed by atoms with Crippen LogP contribution in [0.15, 0.2) is 58.4 Å². The summed E-state index contributed by atoms with van der Waals surface area (Å²) in [5.41, 5.74) is 2.42. The van der Waals surface area contributed by atoms with Gasteiger partial charge in [-0.05, 0) is 42.1 Å². The zero-order chi connectivity index (χ0) is 16.4. The van der Waals surface area contributed by atoms with Crippen molar-refractivity contribution in [3.05, 3.63) is 59.1 Å². The van der Waals surface area contributed by atoms with Crippen LogP contribution in [0.1, 0.15) is 12.0 Å². The molecular weight excluding hydrogens is 340 g/mol. The van der Waals surface area contributed by atoms with Gasteiger partial charge < -0.3 is 5.32 Å². The minimum atomic E-state index is 0.332. The van der Waals surface area contributed by atoms with Crippen molar-refractivity contribution in [1.82, 2.24) is 9.62 Å². The van der Waals surface area contributed by atoms with Gasteiger partial charge in [0.2, 0.25) is 5.96 Å². The molecule has 0 aromatic heterocycles. The molecule has 1 saturated heterocycles. The number of hydrogen-bond acceptors (Lipinski definition) is 3. The average molecular weight is 359 g/mol. The first-order valence-electron chi connectivity index (χ1n) is 8.10. The number of aliphatic imine (C=N–C) groups is 1. The Morgan fingerprint density at radius 1 is 1.21 bits per heavy atom. The average Bonchev–Trinajstić information content (AvgIpc) is 3.03. The summed E-state index contributed by atoms with van der Waals surface area (Å²) in [6.45, 7) is 3.09. The standard InChI is InChI=1S/C18H19ClN4S/c19-14-6-7-16-17(10-14)24-22-18(21-16)20-15-8-9-23(12-15)11-13-4-2-1-3-5-13/h1-7,10,15H,8-9,11-12H2,(H2,20,21,22). The van der Waals surface area contributed by atoms with E-state index in [1.165, 1.54) is 5.56 Å². The Kier molecular flexibility index (Phi) is 4.65. The van der Waals surface area contributed by atoms with Crippen LogP contribution in [-0.4, -0.2) is 30.0 Å². The molecule has 0 spiro atoms. The van der Waals surface area contributed by atoms with Crippen LogP contribution in [0.2, 0.25) is 5.02 Å². The molecule has 1 atom stereocenters. The largest absolute Gasteiger partial charge is 0.325 e. The molecule has 1 unspecified atom stereocenters. The molecule has 4 rings (SSSR count). The smallest absolute Gasteiger partial charge is 0.206 e. The third-order valence-corrected chi connectivity index (χ3v) is 5.35. The van der Waals surface area contributed by atoms with Crippen LogP contribution in [0, 0.1) is 0 Å². The van der Waals surface area contributed by atoms with E-state index in [2.05, 4.69) is 45.3 Å². The third kappa shape index (κ3) is 3.69. The van der Waals surface area contributed by atoms with Crippen LogP contribution in [0.4, 0.5) is 5.69 Å². The van der Waals surface area contributed by atoms with Gasteiger partial charge in [0.05, 0.1) is 16.6 Å². The number of anilines is 1. The molecule has 4 nitrogen and oxygen atoms in total. The molecular formula is C18H19ClN4S. The molecule has 124 valence electrons. The number of hydrogen-bond donors (Lipinski definition) is 2. The van der Waals surface area contributed by atoms with E-state index in [4.69, 9.17) is 16.6 Å². The minimum absolute atomic E-state index is 0.332. The van der Waals surface area contributed by atoms with Crippen molar-refractivity contribution in [3.63, 3.8) is 0 Å². The molecule has 1 fully saturated rings. The first-order valence-corrected chi connectivity index (χ1v) is 9.29. The Morgan fingerprint density at radius 3 is 2.96 bits per heavy atom. The summed E-state index contributed by atoms with van der Waals surface area (Å²) >= 11 is 7.58. The summed E-state index contributed by atoms with van der Waals surface area (Å²) < 4.78 is 3.27. The number of likely N-dealkylation sites (tertiary alicyclic amines) is 1. The van der Waals surface area contributed by atoms with Crippen LogP contribution in [-0.2, 0) is 6.54 Å². The van der Waals surface area contributed by atoms with Crippen LogP contribution >= 0.6 is 23.5 Å². The summed E-state index contributed by atoms with van der Waals surface area (Å²) in [6.07, 6.45) is 1.10. The molecule has 2 aromatic rings. The van der Waals surface area contributed by atoms with Crippen LogP contribution in [0.3, 0.4) is 0 Å². The van der Waals surface area contributed by atoms with Crippen molar-refractivity contribution in [2.45, 2.75) is 23.9 Å². The molecule has 0 amide bonds. The van der Waals surface area contributed by atoms with Gasteiger partial charge in [0.25, 0.3) is 0 Å².